The molecule has 0 radical (unpaired) electrons. The van der Waals surface area contributed by atoms with Gasteiger partial charge in [0.05, 0.1) is 16.9 Å². The maximum absolute atomic E-state index is 14.8. The number of ether oxygens (including phenoxy) is 1. The highest BCUT2D eigenvalue weighted by molar-refractivity contribution is 6.01. The Balaban J connectivity index is 0.916. The van der Waals surface area contributed by atoms with Crippen LogP contribution in [-0.2, 0) is 57.2 Å². The molecule has 5 aliphatic rings. The van der Waals surface area contributed by atoms with Gasteiger partial charge in [0.2, 0.25) is 35.4 Å². The SMILES string of the molecule is CC(NC(=O)C(NC(=O)C(N)CCCCNC(=O)COC1C#CCCCCC1)C(C)C)C(=O)Nc1ccc2c(c1)[C@@]1(C)CCC[C@](C)(C(=O)NC(=O)[C@@]3(C)CCC[C@]4(C)c5cc(NC(=O)O)ccc5CC[C@@H]34)[C@@H]1CC2. The van der Waals surface area contributed by atoms with Crippen LogP contribution in [0.3, 0.4) is 0 Å². The molecule has 0 saturated heterocycles. The van der Waals surface area contributed by atoms with Gasteiger partial charge in [-0.2, -0.15) is 0 Å². The number of aryl methyl sites for hydroxylation is 2. The molecule has 2 aromatic carbocycles. The summed E-state index contributed by atoms with van der Waals surface area (Å²) in [5.74, 6) is 3.65. The second-order valence-electron chi connectivity index (χ2n) is 23.6. The fourth-order valence-electron chi connectivity index (χ4n) is 13.7. The lowest BCUT2D eigenvalue weighted by molar-refractivity contribution is -0.150. The van der Waals surface area contributed by atoms with Crippen LogP contribution < -0.4 is 37.6 Å². The highest BCUT2D eigenvalue weighted by Crippen LogP contribution is 2.60. The smallest absolute Gasteiger partial charge is 0.409 e. The number of nitrogens with one attached hydrogen (secondary N) is 6. The number of carbonyl (C=O) groups is 7. The van der Waals surface area contributed by atoms with Gasteiger partial charge in [-0.25, -0.2) is 4.79 Å². The second-order valence-corrected chi connectivity index (χ2v) is 23.6. The van der Waals surface area contributed by atoms with Crippen LogP contribution in [0.1, 0.15) is 173 Å². The zero-order chi connectivity index (χ0) is 54.3. The highest BCUT2D eigenvalue weighted by Gasteiger charge is 2.58. The Morgan fingerprint density at radius 1 is 0.707 bits per heavy atom. The summed E-state index contributed by atoms with van der Waals surface area (Å²) in [4.78, 5) is 93.9. The van der Waals surface area contributed by atoms with Gasteiger partial charge < -0.3 is 36.8 Å². The predicted molar refractivity (Wildman–Crippen MR) is 288 cm³/mol. The first-order valence-corrected chi connectivity index (χ1v) is 27.8. The maximum Gasteiger partial charge on any atom is 0.409 e. The average molecular weight is 1030 g/mol. The Bertz CT molecular complexity index is 2560. The standard InChI is InChI=1S/C59H83N7O9/c1-36(2)49(65-51(69)45(60)19-13-14-32-61-48(67)35-75-42-17-11-9-8-10-12-18-42)52(70)62-37(3)50(68)63-40-24-20-38-22-26-46-56(4,43(38)33-40)28-15-30-58(46,6)53(71)66-54(72)59(7)31-16-29-57(5)44-34-41(64-55(73)74)25-21-39(44)23-27-47(57)59/h20-21,24-25,33-34,36-37,42,45-47,49,64H,8-11,13-17,19,22-23,26-32,35,60H2,1-7H3,(H,61,67)(H,62,70)(H,63,68)(H,65,69)(H,73,74)(H,66,71,72)/t37?,42?,45?,46-,47-,49?,56-,57-,58+,59+/m1/s1. The zero-order valence-electron chi connectivity index (χ0n) is 45.4. The number of nitrogens with two attached hydrogens (primary N) is 1. The molecule has 10 atom stereocenters. The van der Waals surface area contributed by atoms with Gasteiger partial charge >= 0.3 is 6.09 Å². The van der Waals surface area contributed by atoms with Crippen LogP contribution in [0.25, 0.3) is 0 Å². The van der Waals surface area contributed by atoms with E-state index in [2.05, 4.69) is 57.6 Å². The third-order valence-corrected chi connectivity index (χ3v) is 18.0. The molecule has 0 spiro atoms. The van der Waals surface area contributed by atoms with Crippen molar-refractivity contribution >= 4 is 52.9 Å². The first-order valence-electron chi connectivity index (χ1n) is 27.8. The number of anilines is 2. The Morgan fingerprint density at radius 3 is 1.87 bits per heavy atom. The van der Waals surface area contributed by atoms with Crippen molar-refractivity contribution in [2.45, 2.75) is 199 Å². The van der Waals surface area contributed by atoms with Gasteiger partial charge in [0.1, 0.15) is 24.8 Å². The van der Waals surface area contributed by atoms with Gasteiger partial charge in [0.25, 0.3) is 0 Å². The van der Waals surface area contributed by atoms with E-state index in [1.165, 1.54) is 5.56 Å². The molecule has 0 aromatic heterocycles. The number of rotatable bonds is 18. The molecule has 16 heteroatoms. The first kappa shape index (κ1) is 56.9. The van der Waals surface area contributed by atoms with Crippen molar-refractivity contribution in [2.24, 2.45) is 34.3 Å². The molecular formula is C59H83N7O9. The van der Waals surface area contributed by atoms with Crippen molar-refractivity contribution in [3.63, 3.8) is 0 Å². The number of carboxylic acid groups (broad SMARTS) is 1. The third-order valence-electron chi connectivity index (χ3n) is 18.0. The van der Waals surface area contributed by atoms with Gasteiger partial charge in [0.15, 0.2) is 0 Å². The molecule has 0 bridgehead atoms. The number of hydrogen-bond donors (Lipinski definition) is 8. The molecule has 2 fully saturated rings. The number of benzene rings is 2. The molecule has 2 aromatic rings. The lowest BCUT2D eigenvalue weighted by Crippen LogP contribution is -2.60. The van der Waals surface area contributed by atoms with E-state index in [-0.39, 0.29) is 53.6 Å². The molecule has 5 aliphatic carbocycles. The molecule has 7 rings (SSSR count). The number of unbranched alkanes of at least 4 members (excludes halogenated alkanes) is 1. The summed E-state index contributed by atoms with van der Waals surface area (Å²) in [6.45, 7) is 14.0. The lowest BCUT2D eigenvalue weighted by atomic mass is 9.49. The molecule has 9 N–H and O–H groups in total. The number of hydrogen-bond acceptors (Lipinski definition) is 9. The lowest BCUT2D eigenvalue weighted by Gasteiger charge is -2.56. The largest absolute Gasteiger partial charge is 0.465 e. The summed E-state index contributed by atoms with van der Waals surface area (Å²) >= 11 is 0. The van der Waals surface area contributed by atoms with Crippen LogP contribution in [0, 0.1) is 40.4 Å². The van der Waals surface area contributed by atoms with E-state index in [4.69, 9.17) is 10.5 Å². The van der Waals surface area contributed by atoms with Crippen LogP contribution in [0.15, 0.2) is 36.4 Å². The second kappa shape index (κ2) is 24.0. The third kappa shape index (κ3) is 12.7. The Morgan fingerprint density at radius 2 is 1.29 bits per heavy atom. The summed E-state index contributed by atoms with van der Waals surface area (Å²) in [5, 5.41) is 26.4. The van der Waals surface area contributed by atoms with E-state index in [1.807, 2.05) is 44.2 Å². The molecular weight excluding hydrogens is 951 g/mol. The molecule has 408 valence electrons. The number of fused-ring (bicyclic) bond motifs is 6. The monoisotopic (exact) mass is 1030 g/mol. The van der Waals surface area contributed by atoms with E-state index in [0.717, 1.165) is 100 Å². The minimum atomic E-state index is -1.13. The molecule has 0 heterocycles. The molecule has 75 heavy (non-hydrogen) atoms. The quantitative estimate of drug-likeness (QED) is 0.0411. The highest BCUT2D eigenvalue weighted by atomic mass is 16.5. The summed E-state index contributed by atoms with van der Waals surface area (Å²) in [7, 11) is 0. The van der Waals surface area contributed by atoms with Crippen molar-refractivity contribution in [2.75, 3.05) is 23.8 Å². The van der Waals surface area contributed by atoms with Crippen molar-refractivity contribution in [3.05, 3.63) is 58.7 Å². The van der Waals surface area contributed by atoms with Crippen molar-refractivity contribution in [1.82, 2.24) is 21.3 Å². The number of carbonyl (C=O) groups excluding carboxylic acids is 6. The molecule has 16 nitrogen and oxygen atoms in total. The number of amides is 7. The van der Waals surface area contributed by atoms with Gasteiger partial charge in [0, 0.05) is 24.3 Å². The van der Waals surface area contributed by atoms with E-state index in [0.29, 0.717) is 50.0 Å². The van der Waals surface area contributed by atoms with Crippen molar-refractivity contribution in [3.8, 4) is 11.8 Å². The molecule has 7 amide bonds. The molecule has 4 unspecified atom stereocenters. The van der Waals surface area contributed by atoms with Crippen molar-refractivity contribution in [1.29, 1.82) is 0 Å². The van der Waals surface area contributed by atoms with Gasteiger partial charge in [-0.3, -0.25) is 39.4 Å². The van der Waals surface area contributed by atoms with Crippen LogP contribution in [0.2, 0.25) is 0 Å². The fraction of sp³-hybridized carbons (Fsp3) is 0.644. The minimum absolute atomic E-state index is 0.0466. The van der Waals surface area contributed by atoms with Gasteiger partial charge in [-0.05, 0) is 172 Å². The van der Waals surface area contributed by atoms with E-state index in [1.54, 1.807) is 26.8 Å². The van der Waals surface area contributed by atoms with Gasteiger partial charge in [-0.1, -0.05) is 78.9 Å². The van der Waals surface area contributed by atoms with E-state index in [9.17, 15) is 38.7 Å². The summed E-state index contributed by atoms with van der Waals surface area (Å²) in [6.07, 6.45) is 12.7. The predicted octanol–water partition coefficient (Wildman–Crippen LogP) is 7.69. The van der Waals surface area contributed by atoms with Crippen LogP contribution in [0.4, 0.5) is 16.2 Å². The Labute approximate surface area is 443 Å². The summed E-state index contributed by atoms with van der Waals surface area (Å²) in [5.41, 5.74) is 9.33. The van der Waals surface area contributed by atoms with E-state index < -0.39 is 58.2 Å². The number of imide groups is 1. The summed E-state index contributed by atoms with van der Waals surface area (Å²) in [6, 6.07) is 8.85. The molecule has 2 saturated carbocycles. The van der Waals surface area contributed by atoms with Crippen LogP contribution >= 0.6 is 0 Å². The molecule has 0 aliphatic heterocycles. The van der Waals surface area contributed by atoms with E-state index >= 15 is 0 Å². The maximum atomic E-state index is 14.8. The van der Waals surface area contributed by atoms with Crippen molar-refractivity contribution < 1.29 is 43.4 Å². The zero-order valence-corrected chi connectivity index (χ0v) is 45.4. The van der Waals surface area contributed by atoms with Gasteiger partial charge in [-0.15, -0.1) is 5.92 Å². The fourth-order valence-corrected chi connectivity index (χ4v) is 13.7. The summed E-state index contributed by atoms with van der Waals surface area (Å²) < 4.78 is 5.70. The minimum Gasteiger partial charge on any atom is -0.465 e. The average Bonchev–Trinajstić information content (AvgIpc) is 3.35. The topological polar surface area (TPSA) is 247 Å². The van der Waals surface area contributed by atoms with Crippen LogP contribution in [-0.4, -0.2) is 84.0 Å². The van der Waals surface area contributed by atoms with Crippen LogP contribution in [0.5, 0.6) is 0 Å². The Hall–Kier alpha value is -5.79. The normalized spacial score (nSPS) is 28.0. The first-order chi connectivity index (χ1) is 35.6. The Kier molecular flexibility index (Phi) is 18.2.